The molecule has 0 aliphatic heterocycles. The van der Waals surface area contributed by atoms with E-state index in [4.69, 9.17) is 9.47 Å². The van der Waals surface area contributed by atoms with Gasteiger partial charge >= 0.3 is 0 Å². The summed E-state index contributed by atoms with van der Waals surface area (Å²) in [6, 6.07) is 10.2. The van der Waals surface area contributed by atoms with Gasteiger partial charge in [0.05, 0.1) is 23.3 Å². The molecule has 9 nitrogen and oxygen atoms in total. The zero-order valence-corrected chi connectivity index (χ0v) is 26.2. The lowest BCUT2D eigenvalue weighted by molar-refractivity contribution is -0.139. The van der Waals surface area contributed by atoms with E-state index in [2.05, 4.69) is 11.9 Å². The van der Waals surface area contributed by atoms with Crippen molar-refractivity contribution < 1.29 is 34.1 Å². The van der Waals surface area contributed by atoms with Gasteiger partial charge in [-0.05, 0) is 72.5 Å². The van der Waals surface area contributed by atoms with Gasteiger partial charge < -0.3 is 29.9 Å². The topological polar surface area (TPSA) is 125 Å². The van der Waals surface area contributed by atoms with E-state index in [9.17, 15) is 24.6 Å². The van der Waals surface area contributed by atoms with Crippen LogP contribution in [0.3, 0.4) is 0 Å². The third-order valence-electron chi connectivity index (χ3n) is 7.10. The SMILES string of the molecule is C=CCCCCC(=O)N(Cc1ccc(C)cc1)C1CC(C(=O)NCCO)=CC(Oc2c(I)cc(C=O)cc2OC)C1O. The summed E-state index contributed by atoms with van der Waals surface area (Å²) >= 11 is 2.02. The molecular formula is C32H39IN2O7. The molecule has 2 amide bonds. The number of halogens is 1. The molecule has 0 saturated carbocycles. The Morgan fingerprint density at radius 2 is 1.95 bits per heavy atom. The minimum absolute atomic E-state index is 0.0586. The fraction of sp³-hybridized carbons (Fsp3) is 0.406. The second kappa shape index (κ2) is 16.4. The van der Waals surface area contributed by atoms with Gasteiger partial charge in [0.1, 0.15) is 18.5 Å². The summed E-state index contributed by atoms with van der Waals surface area (Å²) in [6.45, 7) is 5.81. The summed E-state index contributed by atoms with van der Waals surface area (Å²) < 4.78 is 12.3. The van der Waals surface area contributed by atoms with Crippen LogP contribution in [0.4, 0.5) is 0 Å². The standard InChI is InChI=1S/C32H39IN2O7/c1-4-5-6-7-8-29(38)35(19-22-11-9-21(2)10-12-22)26-17-24(32(40)34-13-14-36)18-27(30(26)39)42-31-25(33)15-23(20-37)16-28(31)41-3/h4,9-12,15-16,18,20,26-27,30,36,39H,1,5-8,13-14,17,19H2,2-3H3,(H,34,40). The number of hydrogen-bond acceptors (Lipinski definition) is 7. The summed E-state index contributed by atoms with van der Waals surface area (Å²) in [5.41, 5.74) is 2.71. The molecule has 3 N–H and O–H groups in total. The predicted octanol–water partition coefficient (Wildman–Crippen LogP) is 4.11. The fourth-order valence-corrected chi connectivity index (χ4v) is 5.58. The largest absolute Gasteiger partial charge is 0.493 e. The van der Waals surface area contributed by atoms with Crippen LogP contribution in [-0.4, -0.2) is 71.7 Å². The molecule has 2 aromatic carbocycles. The van der Waals surface area contributed by atoms with E-state index in [0.29, 0.717) is 38.9 Å². The fourth-order valence-electron chi connectivity index (χ4n) is 4.83. The number of amides is 2. The minimum atomic E-state index is -1.19. The number of hydrogen-bond donors (Lipinski definition) is 3. The maximum Gasteiger partial charge on any atom is 0.247 e. The van der Waals surface area contributed by atoms with E-state index in [-0.39, 0.29) is 38.4 Å². The first-order valence-corrected chi connectivity index (χ1v) is 15.0. The molecule has 0 saturated heterocycles. The van der Waals surface area contributed by atoms with Gasteiger partial charge in [0.2, 0.25) is 11.8 Å². The quantitative estimate of drug-likeness (QED) is 0.111. The van der Waals surface area contributed by atoms with Crippen LogP contribution < -0.4 is 14.8 Å². The molecule has 2 aromatic rings. The van der Waals surface area contributed by atoms with Gasteiger partial charge in [-0.15, -0.1) is 6.58 Å². The highest BCUT2D eigenvalue weighted by Crippen LogP contribution is 2.37. The smallest absolute Gasteiger partial charge is 0.247 e. The summed E-state index contributed by atoms with van der Waals surface area (Å²) in [7, 11) is 1.45. The number of rotatable bonds is 15. The number of benzene rings is 2. The van der Waals surface area contributed by atoms with Crippen molar-refractivity contribution in [3.63, 3.8) is 0 Å². The Morgan fingerprint density at radius 1 is 1.21 bits per heavy atom. The highest BCUT2D eigenvalue weighted by Gasteiger charge is 2.41. The minimum Gasteiger partial charge on any atom is -0.493 e. The van der Waals surface area contributed by atoms with Crippen LogP contribution in [0.2, 0.25) is 0 Å². The molecule has 1 aliphatic rings. The zero-order chi connectivity index (χ0) is 30.6. The van der Waals surface area contributed by atoms with E-state index in [1.54, 1.807) is 17.0 Å². The van der Waals surface area contributed by atoms with Gasteiger partial charge in [-0.2, -0.15) is 0 Å². The molecular weight excluding hydrogens is 651 g/mol. The Bertz CT molecular complexity index is 1280. The van der Waals surface area contributed by atoms with E-state index in [1.165, 1.54) is 13.2 Å². The predicted molar refractivity (Wildman–Crippen MR) is 168 cm³/mol. The molecule has 0 heterocycles. The first kappa shape index (κ1) is 33.3. The number of carbonyl (C=O) groups is 3. The average Bonchev–Trinajstić information content (AvgIpc) is 2.99. The first-order valence-electron chi connectivity index (χ1n) is 13.9. The summed E-state index contributed by atoms with van der Waals surface area (Å²) in [5, 5.41) is 23.6. The zero-order valence-electron chi connectivity index (χ0n) is 24.1. The summed E-state index contributed by atoms with van der Waals surface area (Å²) in [6.07, 6.45) is 4.53. The Labute approximate surface area is 260 Å². The molecule has 10 heteroatoms. The van der Waals surface area contributed by atoms with Crippen molar-refractivity contribution in [3.05, 3.63) is 81.0 Å². The molecule has 1 aliphatic carbocycles. The summed E-state index contributed by atoms with van der Waals surface area (Å²) in [5.74, 6) is 0.0524. The third-order valence-corrected chi connectivity index (χ3v) is 7.90. The van der Waals surface area contributed by atoms with Gasteiger partial charge in [0, 0.05) is 37.1 Å². The molecule has 42 heavy (non-hydrogen) atoms. The molecule has 226 valence electrons. The third kappa shape index (κ3) is 8.89. The molecule has 0 radical (unpaired) electrons. The second-order valence-corrected chi connectivity index (χ2v) is 11.4. The van der Waals surface area contributed by atoms with Crippen LogP contribution in [-0.2, 0) is 16.1 Å². The molecule has 3 rings (SSSR count). The van der Waals surface area contributed by atoms with E-state index in [1.807, 2.05) is 59.9 Å². The van der Waals surface area contributed by atoms with E-state index in [0.717, 1.165) is 24.0 Å². The van der Waals surface area contributed by atoms with Crippen molar-refractivity contribution in [3.8, 4) is 11.5 Å². The lowest BCUT2D eigenvalue weighted by Crippen LogP contribution is -2.54. The van der Waals surface area contributed by atoms with Gasteiger partial charge in [-0.25, -0.2) is 0 Å². The molecule has 0 spiro atoms. The number of methoxy groups -OCH3 is 1. The van der Waals surface area contributed by atoms with E-state index >= 15 is 0 Å². The lowest BCUT2D eigenvalue weighted by atomic mass is 9.87. The maximum atomic E-state index is 13.7. The highest BCUT2D eigenvalue weighted by molar-refractivity contribution is 14.1. The van der Waals surface area contributed by atoms with Crippen LogP contribution in [0.5, 0.6) is 11.5 Å². The number of unbranched alkanes of at least 4 members (excludes halogenated alkanes) is 2. The maximum absolute atomic E-state index is 13.7. The van der Waals surface area contributed by atoms with Gasteiger partial charge in [0.25, 0.3) is 0 Å². The van der Waals surface area contributed by atoms with Crippen molar-refractivity contribution in [1.29, 1.82) is 0 Å². The number of allylic oxidation sites excluding steroid dienone is 1. The monoisotopic (exact) mass is 690 g/mol. The number of nitrogens with one attached hydrogen (secondary N) is 1. The lowest BCUT2D eigenvalue weighted by Gasteiger charge is -2.41. The Kier molecular flexibility index (Phi) is 13.0. The highest BCUT2D eigenvalue weighted by atomic mass is 127. The van der Waals surface area contributed by atoms with Crippen molar-refractivity contribution in [2.24, 2.45) is 0 Å². The second-order valence-electron chi connectivity index (χ2n) is 10.2. The number of carbonyl (C=O) groups excluding carboxylic acids is 3. The molecule has 0 fully saturated rings. The number of ether oxygens (including phenoxy) is 2. The molecule has 0 bridgehead atoms. The van der Waals surface area contributed by atoms with E-state index < -0.39 is 24.2 Å². The van der Waals surface area contributed by atoms with Crippen LogP contribution in [0.15, 0.2) is 60.7 Å². The van der Waals surface area contributed by atoms with Gasteiger partial charge in [-0.1, -0.05) is 35.9 Å². The Morgan fingerprint density at radius 3 is 2.60 bits per heavy atom. The van der Waals surface area contributed by atoms with Crippen molar-refractivity contribution in [2.75, 3.05) is 20.3 Å². The first-order chi connectivity index (χ1) is 20.2. The number of aldehydes is 1. The van der Waals surface area contributed by atoms with Gasteiger partial charge in [0.15, 0.2) is 11.5 Å². The average molecular weight is 691 g/mol. The number of aryl methyl sites for hydroxylation is 1. The Hall–Kier alpha value is -3.22. The number of aliphatic hydroxyl groups excluding tert-OH is 2. The van der Waals surface area contributed by atoms with Crippen LogP contribution in [0.1, 0.15) is 53.6 Å². The Balaban J connectivity index is 2.01. The number of aliphatic hydroxyl groups is 2. The molecule has 3 atom stereocenters. The van der Waals surface area contributed by atoms with Crippen molar-refractivity contribution in [2.45, 2.75) is 63.8 Å². The summed E-state index contributed by atoms with van der Waals surface area (Å²) in [4.78, 5) is 39.8. The van der Waals surface area contributed by atoms with Crippen molar-refractivity contribution >= 4 is 40.7 Å². The van der Waals surface area contributed by atoms with Crippen LogP contribution >= 0.6 is 22.6 Å². The number of nitrogens with zero attached hydrogens (tertiary/aromatic N) is 1. The van der Waals surface area contributed by atoms with Gasteiger partial charge in [-0.3, -0.25) is 14.4 Å². The molecule has 0 aromatic heterocycles. The van der Waals surface area contributed by atoms with Crippen LogP contribution in [0.25, 0.3) is 0 Å². The van der Waals surface area contributed by atoms with Crippen LogP contribution in [0, 0.1) is 10.5 Å². The normalized spacial score (nSPS) is 18.0. The molecule has 3 unspecified atom stereocenters. The van der Waals surface area contributed by atoms with Crippen molar-refractivity contribution in [1.82, 2.24) is 10.2 Å².